The van der Waals surface area contributed by atoms with E-state index in [4.69, 9.17) is 0 Å². The third-order valence-electron chi connectivity index (χ3n) is 3.22. The number of piperazine rings is 1. The number of rotatable bonds is 2. The van der Waals surface area contributed by atoms with Crippen LogP contribution in [0.4, 0.5) is 5.82 Å². The van der Waals surface area contributed by atoms with E-state index in [2.05, 4.69) is 32.3 Å². The van der Waals surface area contributed by atoms with Crippen molar-refractivity contribution in [1.82, 2.24) is 20.5 Å². The Hall–Kier alpha value is -1.88. The molecule has 94 valence electrons. The average molecular weight is 243 g/mol. The van der Waals surface area contributed by atoms with Crippen LogP contribution in [-0.2, 0) is 0 Å². The van der Waals surface area contributed by atoms with Crippen LogP contribution in [0, 0.1) is 0 Å². The van der Waals surface area contributed by atoms with Gasteiger partial charge in [0.25, 0.3) is 0 Å². The van der Waals surface area contributed by atoms with Gasteiger partial charge in [-0.1, -0.05) is 0 Å². The molecule has 2 N–H and O–H groups in total. The van der Waals surface area contributed by atoms with Gasteiger partial charge in [-0.2, -0.15) is 0 Å². The Balaban J connectivity index is 1.78. The molecule has 0 radical (unpaired) electrons. The fraction of sp³-hybridized carbons (Fsp3) is 0.385. The molecule has 0 bridgehead atoms. The Kier molecular flexibility index (Phi) is 2.98. The largest absolute Gasteiger partial charge is 0.360 e. The van der Waals surface area contributed by atoms with Gasteiger partial charge in [-0.15, -0.1) is 10.2 Å². The van der Waals surface area contributed by atoms with Crippen molar-refractivity contribution in [1.29, 1.82) is 0 Å². The van der Waals surface area contributed by atoms with Crippen LogP contribution < -0.4 is 10.2 Å². The summed E-state index contributed by atoms with van der Waals surface area (Å²) in [4.78, 5) is 5.40. The molecule has 1 atom stereocenters. The summed E-state index contributed by atoms with van der Waals surface area (Å²) in [5.41, 5.74) is 1.88. The Bertz CT molecular complexity index is 491. The van der Waals surface area contributed by atoms with Crippen molar-refractivity contribution < 1.29 is 0 Å². The zero-order chi connectivity index (χ0) is 12.4. The summed E-state index contributed by atoms with van der Waals surface area (Å²) < 4.78 is 0. The van der Waals surface area contributed by atoms with Crippen LogP contribution in [-0.4, -0.2) is 40.9 Å². The summed E-state index contributed by atoms with van der Waals surface area (Å²) in [5.74, 6) is 0.957. The first kappa shape index (κ1) is 11.2. The van der Waals surface area contributed by atoms with Crippen molar-refractivity contribution in [3.05, 3.63) is 30.5 Å². The maximum absolute atomic E-state index is 4.32. The van der Waals surface area contributed by atoms with Crippen LogP contribution in [0.15, 0.2) is 30.5 Å². The van der Waals surface area contributed by atoms with E-state index < -0.39 is 0 Å². The lowest BCUT2D eigenvalue weighted by atomic mass is 10.2. The van der Waals surface area contributed by atoms with E-state index in [0.717, 1.165) is 36.8 Å². The van der Waals surface area contributed by atoms with Crippen molar-refractivity contribution in [2.24, 2.45) is 0 Å². The summed E-state index contributed by atoms with van der Waals surface area (Å²) in [6, 6.07) is 8.52. The fourth-order valence-electron chi connectivity index (χ4n) is 2.27. The molecule has 1 aliphatic rings. The van der Waals surface area contributed by atoms with Crippen molar-refractivity contribution in [2.45, 2.75) is 13.0 Å². The quantitative estimate of drug-likeness (QED) is 0.834. The topological polar surface area (TPSA) is 56.8 Å². The van der Waals surface area contributed by atoms with Crippen LogP contribution in [0.1, 0.15) is 6.92 Å². The van der Waals surface area contributed by atoms with Gasteiger partial charge in [-0.25, -0.2) is 0 Å². The third kappa shape index (κ3) is 2.22. The van der Waals surface area contributed by atoms with Gasteiger partial charge in [0.15, 0.2) is 5.82 Å². The molecule has 2 aromatic rings. The predicted molar refractivity (Wildman–Crippen MR) is 71.5 cm³/mol. The first-order chi connectivity index (χ1) is 8.83. The number of aromatic amines is 1. The van der Waals surface area contributed by atoms with Crippen LogP contribution >= 0.6 is 0 Å². The molecule has 3 heterocycles. The number of hydrogen-bond acceptors (Lipinski definition) is 4. The number of nitrogens with one attached hydrogen (secondary N) is 2. The molecule has 5 nitrogen and oxygen atoms in total. The Labute approximate surface area is 106 Å². The second-order valence-electron chi connectivity index (χ2n) is 4.66. The smallest absolute Gasteiger partial charge is 0.151 e. The highest BCUT2D eigenvalue weighted by Crippen LogP contribution is 2.17. The normalized spacial score (nSPS) is 20.1. The van der Waals surface area contributed by atoms with E-state index in [1.807, 2.05) is 30.5 Å². The minimum absolute atomic E-state index is 0.503. The SMILES string of the molecule is CC1CN(c2ccc(-c3ccc[nH]3)nn2)CCN1. The van der Waals surface area contributed by atoms with Gasteiger partial charge in [-0.05, 0) is 31.2 Å². The predicted octanol–water partition coefficient (Wildman–Crippen LogP) is 1.27. The minimum atomic E-state index is 0.503. The molecule has 1 unspecified atom stereocenters. The molecule has 0 aromatic carbocycles. The van der Waals surface area contributed by atoms with Crippen LogP contribution in [0.25, 0.3) is 11.4 Å². The lowest BCUT2D eigenvalue weighted by Gasteiger charge is -2.32. The van der Waals surface area contributed by atoms with Crippen molar-refractivity contribution in [3.8, 4) is 11.4 Å². The van der Waals surface area contributed by atoms with Crippen LogP contribution in [0.5, 0.6) is 0 Å². The monoisotopic (exact) mass is 243 g/mol. The number of H-pyrrole nitrogens is 1. The summed E-state index contributed by atoms with van der Waals surface area (Å²) in [6.07, 6.45) is 1.89. The summed E-state index contributed by atoms with van der Waals surface area (Å²) in [6.45, 7) is 5.16. The molecule has 1 fully saturated rings. The van der Waals surface area contributed by atoms with Gasteiger partial charge in [0.2, 0.25) is 0 Å². The second-order valence-corrected chi connectivity index (χ2v) is 4.66. The van der Waals surface area contributed by atoms with Crippen LogP contribution in [0.3, 0.4) is 0 Å². The first-order valence-corrected chi connectivity index (χ1v) is 6.29. The number of anilines is 1. The molecule has 1 saturated heterocycles. The zero-order valence-corrected chi connectivity index (χ0v) is 10.4. The molecule has 1 aliphatic heterocycles. The number of hydrogen-bond donors (Lipinski definition) is 2. The number of nitrogens with zero attached hydrogens (tertiary/aromatic N) is 3. The zero-order valence-electron chi connectivity index (χ0n) is 10.4. The Morgan fingerprint density at radius 2 is 2.22 bits per heavy atom. The molecule has 0 amide bonds. The molecule has 5 heteroatoms. The van der Waals surface area contributed by atoms with E-state index in [-0.39, 0.29) is 0 Å². The molecule has 3 rings (SSSR count). The highest BCUT2D eigenvalue weighted by atomic mass is 15.3. The van der Waals surface area contributed by atoms with Crippen molar-refractivity contribution in [3.63, 3.8) is 0 Å². The fourth-order valence-corrected chi connectivity index (χ4v) is 2.27. The first-order valence-electron chi connectivity index (χ1n) is 6.29. The van der Waals surface area contributed by atoms with Gasteiger partial charge in [0.1, 0.15) is 5.69 Å². The van der Waals surface area contributed by atoms with Crippen LogP contribution in [0.2, 0.25) is 0 Å². The lowest BCUT2D eigenvalue weighted by Crippen LogP contribution is -2.49. The second kappa shape index (κ2) is 4.78. The van der Waals surface area contributed by atoms with Gasteiger partial charge in [0.05, 0.1) is 5.69 Å². The lowest BCUT2D eigenvalue weighted by molar-refractivity contribution is 0.481. The molecular weight excluding hydrogens is 226 g/mol. The number of aromatic nitrogens is 3. The Morgan fingerprint density at radius 3 is 2.89 bits per heavy atom. The van der Waals surface area contributed by atoms with E-state index in [0.29, 0.717) is 6.04 Å². The third-order valence-corrected chi connectivity index (χ3v) is 3.22. The van der Waals surface area contributed by atoms with Gasteiger partial charge in [0, 0.05) is 31.9 Å². The maximum Gasteiger partial charge on any atom is 0.151 e. The van der Waals surface area contributed by atoms with E-state index in [1.165, 1.54) is 0 Å². The maximum atomic E-state index is 4.32. The average Bonchev–Trinajstić information content (AvgIpc) is 2.93. The summed E-state index contributed by atoms with van der Waals surface area (Å²) in [5, 5.41) is 12.0. The minimum Gasteiger partial charge on any atom is -0.360 e. The molecule has 0 spiro atoms. The molecule has 18 heavy (non-hydrogen) atoms. The standard InChI is InChI=1S/C13H17N5/c1-10-9-18(8-7-14-10)13-5-4-12(16-17-13)11-3-2-6-15-11/h2-6,10,14-15H,7-9H2,1H3. The van der Waals surface area contributed by atoms with E-state index >= 15 is 0 Å². The van der Waals surface area contributed by atoms with Gasteiger partial charge >= 0.3 is 0 Å². The van der Waals surface area contributed by atoms with E-state index in [1.54, 1.807) is 0 Å². The highest BCUT2D eigenvalue weighted by Gasteiger charge is 2.17. The highest BCUT2D eigenvalue weighted by molar-refractivity contribution is 5.55. The summed E-state index contributed by atoms with van der Waals surface area (Å²) >= 11 is 0. The summed E-state index contributed by atoms with van der Waals surface area (Å²) in [7, 11) is 0. The van der Waals surface area contributed by atoms with E-state index in [9.17, 15) is 0 Å². The van der Waals surface area contributed by atoms with Gasteiger partial charge < -0.3 is 15.2 Å². The molecular formula is C13H17N5. The van der Waals surface area contributed by atoms with Crippen molar-refractivity contribution in [2.75, 3.05) is 24.5 Å². The Morgan fingerprint density at radius 1 is 1.28 bits per heavy atom. The molecule has 2 aromatic heterocycles. The van der Waals surface area contributed by atoms with Gasteiger partial charge in [-0.3, -0.25) is 0 Å². The van der Waals surface area contributed by atoms with Crippen molar-refractivity contribution >= 4 is 5.82 Å². The molecule has 0 aliphatic carbocycles. The molecule has 0 saturated carbocycles.